The molecule has 0 aliphatic heterocycles. The molecule has 0 aromatic carbocycles. The molecule has 0 saturated heterocycles. The van der Waals surface area contributed by atoms with Crippen LogP contribution in [0.3, 0.4) is 0 Å². The third-order valence-corrected chi connectivity index (χ3v) is 3.83. The standard InChI is InChI=1S/C11H19N3O4S/c1-13-9(7-10(15)14(2)11(13)16)8-12-5-4-6-19(3,17)18/h7,12H,4-6,8H2,1-3H3. The molecule has 1 rings (SSSR count). The molecule has 0 unspecified atom stereocenters. The van der Waals surface area contributed by atoms with E-state index in [4.69, 9.17) is 0 Å². The quantitative estimate of drug-likeness (QED) is 0.651. The van der Waals surface area contributed by atoms with E-state index in [2.05, 4.69) is 5.32 Å². The number of hydrogen-bond donors (Lipinski definition) is 1. The second-order valence-corrected chi connectivity index (χ2v) is 6.79. The van der Waals surface area contributed by atoms with Crippen molar-refractivity contribution in [3.8, 4) is 0 Å². The van der Waals surface area contributed by atoms with Crippen molar-refractivity contribution in [2.45, 2.75) is 13.0 Å². The van der Waals surface area contributed by atoms with Crippen molar-refractivity contribution >= 4 is 9.84 Å². The second kappa shape index (κ2) is 6.16. The molecule has 8 heteroatoms. The minimum atomic E-state index is -2.94. The molecule has 0 radical (unpaired) electrons. The molecule has 7 nitrogen and oxygen atoms in total. The summed E-state index contributed by atoms with van der Waals surface area (Å²) in [5, 5.41) is 3.02. The monoisotopic (exact) mass is 289 g/mol. The van der Waals surface area contributed by atoms with Crippen LogP contribution in [0.1, 0.15) is 12.1 Å². The molecule has 1 heterocycles. The molecular formula is C11H19N3O4S. The van der Waals surface area contributed by atoms with Crippen molar-refractivity contribution in [3.63, 3.8) is 0 Å². The van der Waals surface area contributed by atoms with E-state index in [1.165, 1.54) is 23.9 Å². The first kappa shape index (κ1) is 15.6. The zero-order valence-corrected chi connectivity index (χ0v) is 12.2. The van der Waals surface area contributed by atoms with Gasteiger partial charge in [0.15, 0.2) is 0 Å². The van der Waals surface area contributed by atoms with Crippen molar-refractivity contribution in [1.82, 2.24) is 14.5 Å². The van der Waals surface area contributed by atoms with Gasteiger partial charge in [-0.2, -0.15) is 0 Å². The molecule has 108 valence electrons. The molecular weight excluding hydrogens is 270 g/mol. The Kier molecular flexibility index (Phi) is 5.07. The molecule has 0 aliphatic rings. The van der Waals surface area contributed by atoms with Crippen LogP contribution < -0.4 is 16.6 Å². The van der Waals surface area contributed by atoms with E-state index in [0.29, 0.717) is 25.2 Å². The Balaban J connectivity index is 2.60. The summed E-state index contributed by atoms with van der Waals surface area (Å²) in [6.07, 6.45) is 1.69. The molecule has 1 aromatic heterocycles. The minimum absolute atomic E-state index is 0.121. The Morgan fingerprint density at radius 3 is 2.42 bits per heavy atom. The van der Waals surface area contributed by atoms with Crippen LogP contribution in [0.25, 0.3) is 0 Å². The number of hydrogen-bond acceptors (Lipinski definition) is 5. The highest BCUT2D eigenvalue weighted by Crippen LogP contribution is 1.91. The van der Waals surface area contributed by atoms with Crippen LogP contribution in [0, 0.1) is 0 Å². The SMILES string of the molecule is Cn1c(CNCCCS(C)(=O)=O)cc(=O)n(C)c1=O. The lowest BCUT2D eigenvalue weighted by atomic mass is 10.3. The number of nitrogens with zero attached hydrogens (tertiary/aromatic N) is 2. The number of rotatable bonds is 6. The van der Waals surface area contributed by atoms with Crippen molar-refractivity contribution in [2.24, 2.45) is 14.1 Å². The third-order valence-electron chi connectivity index (χ3n) is 2.80. The summed E-state index contributed by atoms with van der Waals surface area (Å²) in [5.74, 6) is 0.121. The fourth-order valence-corrected chi connectivity index (χ4v) is 2.29. The zero-order valence-electron chi connectivity index (χ0n) is 11.3. The molecule has 0 amide bonds. The zero-order chi connectivity index (χ0) is 14.6. The summed E-state index contributed by atoms with van der Waals surface area (Å²) in [4.78, 5) is 23.1. The van der Waals surface area contributed by atoms with Gasteiger partial charge < -0.3 is 5.32 Å². The topological polar surface area (TPSA) is 90.2 Å². The first-order valence-electron chi connectivity index (χ1n) is 5.87. The van der Waals surface area contributed by atoms with Gasteiger partial charge in [-0.1, -0.05) is 0 Å². The molecule has 0 spiro atoms. The lowest BCUT2D eigenvalue weighted by Crippen LogP contribution is -2.39. The highest BCUT2D eigenvalue weighted by atomic mass is 32.2. The fourth-order valence-electron chi connectivity index (χ4n) is 1.62. The van der Waals surface area contributed by atoms with Gasteiger partial charge in [0, 0.05) is 38.7 Å². The maximum Gasteiger partial charge on any atom is 0.330 e. The molecule has 0 atom stereocenters. The molecule has 19 heavy (non-hydrogen) atoms. The molecule has 0 saturated carbocycles. The molecule has 1 N–H and O–H groups in total. The van der Waals surface area contributed by atoms with Crippen LogP contribution in [0.5, 0.6) is 0 Å². The summed E-state index contributed by atoms with van der Waals surface area (Å²) in [6, 6.07) is 1.39. The van der Waals surface area contributed by atoms with E-state index in [9.17, 15) is 18.0 Å². The summed E-state index contributed by atoms with van der Waals surface area (Å²) in [6.45, 7) is 0.863. The van der Waals surface area contributed by atoms with E-state index in [1.807, 2.05) is 0 Å². The van der Waals surface area contributed by atoms with Crippen LogP contribution in [-0.2, 0) is 30.5 Å². The molecule has 0 fully saturated rings. The number of aromatic nitrogens is 2. The van der Waals surface area contributed by atoms with Crippen molar-refractivity contribution < 1.29 is 8.42 Å². The van der Waals surface area contributed by atoms with Gasteiger partial charge in [0.2, 0.25) is 0 Å². The summed E-state index contributed by atoms with van der Waals surface area (Å²) in [5.41, 5.74) is -0.149. The predicted molar refractivity (Wildman–Crippen MR) is 73.0 cm³/mol. The lowest BCUT2D eigenvalue weighted by Gasteiger charge is -2.10. The van der Waals surface area contributed by atoms with E-state index in [-0.39, 0.29) is 17.0 Å². The number of sulfone groups is 1. The van der Waals surface area contributed by atoms with E-state index in [0.717, 1.165) is 4.57 Å². The Labute approximate surface area is 111 Å². The van der Waals surface area contributed by atoms with Crippen LogP contribution in [-0.4, -0.2) is 36.1 Å². The van der Waals surface area contributed by atoms with Crippen LogP contribution in [0.2, 0.25) is 0 Å². The molecule has 1 aromatic rings. The van der Waals surface area contributed by atoms with Crippen molar-refractivity contribution in [3.05, 3.63) is 32.6 Å². The highest BCUT2D eigenvalue weighted by Gasteiger charge is 2.05. The maximum atomic E-state index is 11.6. The van der Waals surface area contributed by atoms with E-state index in [1.54, 1.807) is 7.05 Å². The second-order valence-electron chi connectivity index (χ2n) is 4.53. The first-order chi connectivity index (χ1) is 8.72. The summed E-state index contributed by atoms with van der Waals surface area (Å²) in [7, 11) is 0.0722. The van der Waals surface area contributed by atoms with Gasteiger partial charge in [-0.25, -0.2) is 13.2 Å². The van der Waals surface area contributed by atoms with Gasteiger partial charge in [0.05, 0.1) is 5.75 Å². The highest BCUT2D eigenvalue weighted by molar-refractivity contribution is 7.90. The van der Waals surface area contributed by atoms with Crippen molar-refractivity contribution in [1.29, 1.82) is 0 Å². The van der Waals surface area contributed by atoms with Crippen LogP contribution >= 0.6 is 0 Å². The Morgan fingerprint density at radius 2 is 1.84 bits per heavy atom. The largest absolute Gasteiger partial charge is 0.330 e. The Bertz CT molecular complexity index is 657. The normalized spacial score (nSPS) is 11.7. The van der Waals surface area contributed by atoms with Gasteiger partial charge in [-0.05, 0) is 13.0 Å². The van der Waals surface area contributed by atoms with Gasteiger partial charge in [0.25, 0.3) is 5.56 Å². The van der Waals surface area contributed by atoms with Gasteiger partial charge in [-0.15, -0.1) is 0 Å². The first-order valence-corrected chi connectivity index (χ1v) is 7.93. The summed E-state index contributed by atoms with van der Waals surface area (Å²) >= 11 is 0. The average Bonchev–Trinajstić information content (AvgIpc) is 2.31. The van der Waals surface area contributed by atoms with E-state index < -0.39 is 9.84 Å². The van der Waals surface area contributed by atoms with Gasteiger partial charge >= 0.3 is 5.69 Å². The third kappa shape index (κ3) is 4.64. The summed E-state index contributed by atoms with van der Waals surface area (Å²) < 4.78 is 24.3. The minimum Gasteiger partial charge on any atom is -0.311 e. The number of nitrogens with one attached hydrogen (secondary N) is 1. The van der Waals surface area contributed by atoms with Gasteiger partial charge in [-0.3, -0.25) is 13.9 Å². The smallest absolute Gasteiger partial charge is 0.311 e. The predicted octanol–water partition coefficient (Wildman–Crippen LogP) is -1.39. The molecule has 0 bridgehead atoms. The molecule has 0 aliphatic carbocycles. The Hall–Kier alpha value is -1.41. The van der Waals surface area contributed by atoms with Crippen molar-refractivity contribution in [2.75, 3.05) is 18.6 Å². The lowest BCUT2D eigenvalue weighted by molar-refractivity contribution is 0.583. The Morgan fingerprint density at radius 1 is 1.21 bits per heavy atom. The average molecular weight is 289 g/mol. The fraction of sp³-hybridized carbons (Fsp3) is 0.636. The van der Waals surface area contributed by atoms with E-state index >= 15 is 0 Å². The maximum absolute atomic E-state index is 11.6. The van der Waals surface area contributed by atoms with Crippen LogP contribution in [0.4, 0.5) is 0 Å². The van der Waals surface area contributed by atoms with Gasteiger partial charge in [0.1, 0.15) is 9.84 Å². The van der Waals surface area contributed by atoms with Crippen LogP contribution in [0.15, 0.2) is 15.7 Å².